The Morgan fingerprint density at radius 3 is 2.29 bits per heavy atom. The first-order valence-corrected chi connectivity index (χ1v) is 10.1. The van der Waals surface area contributed by atoms with Gasteiger partial charge >= 0.3 is 0 Å². The third kappa shape index (κ3) is 4.29. The van der Waals surface area contributed by atoms with Gasteiger partial charge in [0.05, 0.1) is 17.9 Å². The molecule has 0 amide bonds. The molecule has 2 aromatic rings. The van der Waals surface area contributed by atoms with Crippen molar-refractivity contribution in [3.63, 3.8) is 0 Å². The molecule has 1 aromatic heterocycles. The molecule has 0 unspecified atom stereocenters. The van der Waals surface area contributed by atoms with Crippen LogP contribution in [0.25, 0.3) is 0 Å². The molecule has 31 heavy (non-hydrogen) atoms. The molecule has 1 saturated heterocycles. The van der Waals surface area contributed by atoms with Crippen LogP contribution in [0.3, 0.4) is 0 Å². The molecule has 1 aliphatic rings. The second-order valence-corrected chi connectivity index (χ2v) is 7.86. The predicted octanol–water partition coefficient (Wildman–Crippen LogP) is 2.40. The number of pyridine rings is 1. The van der Waals surface area contributed by atoms with E-state index in [0.29, 0.717) is 22.6 Å². The summed E-state index contributed by atoms with van der Waals surface area (Å²) in [6.07, 6.45) is -7.01. The number of ether oxygens (including phenoxy) is 1. The van der Waals surface area contributed by atoms with E-state index in [2.05, 4.69) is 16.3 Å². The van der Waals surface area contributed by atoms with E-state index in [1.807, 2.05) is 31.2 Å². The Labute approximate surface area is 184 Å². The van der Waals surface area contributed by atoms with Crippen molar-refractivity contribution in [3.8, 4) is 6.07 Å². The molecule has 9 nitrogen and oxygen atoms in total. The number of aryl methyl sites for hydroxylation is 1. The van der Waals surface area contributed by atoms with Crippen LogP contribution in [0.15, 0.2) is 34.5 Å². The zero-order valence-corrected chi connectivity index (χ0v) is 18.1. The number of aliphatic hydroxyl groups excluding tert-OH is 4. The molecule has 0 aliphatic carbocycles. The fourth-order valence-corrected chi connectivity index (χ4v) is 3.98. The first kappa shape index (κ1) is 23.1. The topological polar surface area (TPSA) is 144 Å². The summed E-state index contributed by atoms with van der Waals surface area (Å²) >= 11 is 5.46. The molecule has 0 radical (unpaired) electrons. The first-order chi connectivity index (χ1) is 14.7. The quantitative estimate of drug-likeness (QED) is 0.419. The first-order valence-electron chi connectivity index (χ1n) is 9.66. The number of nitrogens with zero attached hydrogens (tertiary/aromatic N) is 4. The van der Waals surface area contributed by atoms with Gasteiger partial charge in [-0.05, 0) is 38.5 Å². The number of nitriles is 1. The highest BCUT2D eigenvalue weighted by Gasteiger charge is 2.45. The molecular formula is C21H24N4O5S. The van der Waals surface area contributed by atoms with Gasteiger partial charge in [-0.2, -0.15) is 10.4 Å². The fourth-order valence-electron chi connectivity index (χ4n) is 3.54. The maximum Gasteiger partial charge on any atom is 0.164 e. The molecule has 10 heteroatoms. The van der Waals surface area contributed by atoms with Gasteiger partial charge in [0, 0.05) is 5.69 Å². The summed E-state index contributed by atoms with van der Waals surface area (Å²) < 4.78 is 7.10. The summed E-state index contributed by atoms with van der Waals surface area (Å²) in [5.74, 6) is 0. The number of aromatic nitrogens is 1. The molecule has 0 bridgehead atoms. The van der Waals surface area contributed by atoms with Crippen LogP contribution < -0.4 is 0 Å². The molecule has 0 saturated carbocycles. The molecule has 2 heterocycles. The standard InChI is InChI=1S/C21H24N4O5S/c1-10-4-6-13(7-5-10)23-24-16-11(2)14(8-22)21(31)25(12(16)3)20-19(29)18(28)17(27)15(9-26)30-20/h4-7,15,17-20,26-29H,9H2,1-3H3/t15-,17+,18+,19+,20+/m0/s1. The average Bonchev–Trinajstić information content (AvgIpc) is 2.75. The van der Waals surface area contributed by atoms with Crippen molar-refractivity contribution < 1.29 is 25.2 Å². The second-order valence-electron chi connectivity index (χ2n) is 7.48. The van der Waals surface area contributed by atoms with Crippen LogP contribution in [0, 0.1) is 36.7 Å². The van der Waals surface area contributed by atoms with E-state index in [-0.39, 0.29) is 10.2 Å². The largest absolute Gasteiger partial charge is 0.394 e. The third-order valence-corrected chi connectivity index (χ3v) is 5.80. The minimum Gasteiger partial charge on any atom is -0.394 e. The van der Waals surface area contributed by atoms with Gasteiger partial charge in [0.1, 0.15) is 40.8 Å². The van der Waals surface area contributed by atoms with Gasteiger partial charge < -0.3 is 29.7 Å². The van der Waals surface area contributed by atoms with Gasteiger partial charge in [0.25, 0.3) is 0 Å². The van der Waals surface area contributed by atoms with Crippen LogP contribution in [0.5, 0.6) is 0 Å². The maximum absolute atomic E-state index is 10.6. The molecule has 164 valence electrons. The summed E-state index contributed by atoms with van der Waals surface area (Å²) in [6, 6.07) is 9.46. The van der Waals surface area contributed by atoms with E-state index in [9.17, 15) is 25.7 Å². The zero-order valence-electron chi connectivity index (χ0n) is 17.3. The molecule has 1 aromatic carbocycles. The monoisotopic (exact) mass is 444 g/mol. The normalized spacial score (nSPS) is 26.2. The Balaban J connectivity index is 2.15. The fraction of sp³-hybridized carbons (Fsp3) is 0.429. The molecule has 3 rings (SSSR count). The molecular weight excluding hydrogens is 420 g/mol. The lowest BCUT2D eigenvalue weighted by Crippen LogP contribution is -2.56. The Bertz CT molecular complexity index is 1090. The van der Waals surface area contributed by atoms with E-state index in [1.54, 1.807) is 13.8 Å². The summed E-state index contributed by atoms with van der Waals surface area (Å²) in [5, 5.41) is 58.6. The van der Waals surface area contributed by atoms with Crippen molar-refractivity contribution in [1.29, 1.82) is 5.26 Å². The van der Waals surface area contributed by atoms with E-state index >= 15 is 0 Å². The van der Waals surface area contributed by atoms with Crippen LogP contribution in [0.2, 0.25) is 0 Å². The molecule has 1 aliphatic heterocycles. The zero-order chi connectivity index (χ0) is 22.9. The Kier molecular flexibility index (Phi) is 6.96. The highest BCUT2D eigenvalue weighted by atomic mass is 32.1. The SMILES string of the molecule is Cc1ccc(N=Nc2c(C)c(C#N)c(=S)n([C@@H]3O[C@@H](CO)[C@@H](O)[C@@H](O)[C@H]3O)c2C)cc1. The third-order valence-electron chi connectivity index (χ3n) is 5.40. The van der Waals surface area contributed by atoms with E-state index in [0.717, 1.165) is 5.56 Å². The number of aliphatic hydroxyl groups is 4. The van der Waals surface area contributed by atoms with Gasteiger partial charge in [-0.3, -0.25) is 0 Å². The van der Waals surface area contributed by atoms with Gasteiger partial charge in [-0.1, -0.05) is 29.9 Å². The minimum absolute atomic E-state index is 0.0797. The van der Waals surface area contributed by atoms with E-state index in [4.69, 9.17) is 17.0 Å². The van der Waals surface area contributed by atoms with E-state index < -0.39 is 37.3 Å². The van der Waals surface area contributed by atoms with Crippen molar-refractivity contribution in [2.45, 2.75) is 51.4 Å². The summed E-state index contributed by atoms with van der Waals surface area (Å²) in [7, 11) is 0. The van der Waals surface area contributed by atoms with Crippen molar-refractivity contribution in [2.24, 2.45) is 10.2 Å². The highest BCUT2D eigenvalue weighted by molar-refractivity contribution is 7.71. The van der Waals surface area contributed by atoms with Gasteiger partial charge in [0.2, 0.25) is 0 Å². The maximum atomic E-state index is 10.6. The molecule has 0 spiro atoms. The van der Waals surface area contributed by atoms with Crippen LogP contribution in [0.1, 0.15) is 28.6 Å². The van der Waals surface area contributed by atoms with Gasteiger partial charge in [-0.15, -0.1) is 5.11 Å². The lowest BCUT2D eigenvalue weighted by Gasteiger charge is -2.41. The number of benzene rings is 1. The summed E-state index contributed by atoms with van der Waals surface area (Å²) in [6.45, 7) is 4.75. The van der Waals surface area contributed by atoms with Crippen molar-refractivity contribution >= 4 is 23.6 Å². The average molecular weight is 445 g/mol. The number of hydrogen-bond donors (Lipinski definition) is 4. The summed E-state index contributed by atoms with van der Waals surface area (Å²) in [4.78, 5) is 0. The van der Waals surface area contributed by atoms with Crippen LogP contribution in [0.4, 0.5) is 11.4 Å². The lowest BCUT2D eigenvalue weighted by molar-refractivity contribution is -0.252. The number of rotatable bonds is 4. The Morgan fingerprint density at radius 1 is 1.06 bits per heavy atom. The van der Waals surface area contributed by atoms with Crippen molar-refractivity contribution in [2.75, 3.05) is 6.61 Å². The highest BCUT2D eigenvalue weighted by Crippen LogP contribution is 2.36. The van der Waals surface area contributed by atoms with Crippen LogP contribution in [-0.4, -0.2) is 56.0 Å². The second kappa shape index (κ2) is 9.32. The number of hydrogen-bond acceptors (Lipinski definition) is 9. The molecule has 4 N–H and O–H groups in total. The predicted molar refractivity (Wildman–Crippen MR) is 114 cm³/mol. The minimum atomic E-state index is -1.58. The van der Waals surface area contributed by atoms with Gasteiger partial charge in [0.15, 0.2) is 6.23 Å². The van der Waals surface area contributed by atoms with Crippen molar-refractivity contribution in [3.05, 3.63) is 51.3 Å². The smallest absolute Gasteiger partial charge is 0.164 e. The van der Waals surface area contributed by atoms with Crippen molar-refractivity contribution in [1.82, 2.24) is 4.57 Å². The lowest BCUT2D eigenvalue weighted by atomic mass is 9.97. The molecule has 5 atom stereocenters. The Morgan fingerprint density at radius 2 is 1.71 bits per heavy atom. The van der Waals surface area contributed by atoms with Crippen LogP contribution >= 0.6 is 12.2 Å². The van der Waals surface area contributed by atoms with Crippen LogP contribution in [-0.2, 0) is 4.74 Å². The number of azo groups is 1. The summed E-state index contributed by atoms with van der Waals surface area (Å²) in [5.41, 5.74) is 3.17. The van der Waals surface area contributed by atoms with Gasteiger partial charge in [-0.25, -0.2) is 0 Å². The molecule has 1 fully saturated rings. The van der Waals surface area contributed by atoms with E-state index in [1.165, 1.54) is 4.57 Å². The Hall–Kier alpha value is -2.52.